The van der Waals surface area contributed by atoms with Crippen molar-refractivity contribution in [1.29, 1.82) is 0 Å². The van der Waals surface area contributed by atoms with Crippen LogP contribution >= 0.6 is 0 Å². The van der Waals surface area contributed by atoms with Crippen molar-refractivity contribution in [3.63, 3.8) is 0 Å². The largest absolute Gasteiger partial charge is 0.385 e. The summed E-state index contributed by atoms with van der Waals surface area (Å²) in [5.41, 5.74) is 2.56. The number of hydrogen-bond donors (Lipinski definition) is 1. The summed E-state index contributed by atoms with van der Waals surface area (Å²) in [5.74, 6) is 0.682. The Morgan fingerprint density at radius 2 is 1.56 bits per heavy atom. The van der Waals surface area contributed by atoms with E-state index in [1.807, 2.05) is 0 Å². The molecule has 1 N–H and O–H groups in total. The van der Waals surface area contributed by atoms with Crippen molar-refractivity contribution in [1.82, 2.24) is 0 Å². The topological polar surface area (TPSA) is 15.3 Å². The second-order valence-corrected chi connectivity index (χ2v) is 5.31. The number of nitrogens with one attached hydrogen (secondary N) is 1. The third-order valence-electron chi connectivity index (χ3n) is 2.93. The van der Waals surface area contributed by atoms with E-state index in [1.54, 1.807) is 0 Å². The summed E-state index contributed by atoms with van der Waals surface area (Å²) in [6.45, 7) is 12.3. The number of benzene rings is 1. The molecule has 1 aromatic carbocycles. The van der Waals surface area contributed by atoms with Gasteiger partial charge in [-0.15, -0.1) is 0 Å². The molecule has 0 aliphatic rings. The Kier molecular flexibility index (Phi) is 6.63. The molecule has 1 aromatic rings. The first-order valence-electron chi connectivity index (χ1n) is 7.26. The Morgan fingerprint density at radius 3 is 2.00 bits per heavy atom. The Bertz CT molecular complexity index is 310. The van der Waals surface area contributed by atoms with Crippen LogP contribution in [0.4, 0.5) is 11.4 Å². The number of rotatable bonds is 8. The van der Waals surface area contributed by atoms with Gasteiger partial charge in [-0.05, 0) is 43.0 Å². The molecule has 0 aliphatic carbocycles. The highest BCUT2D eigenvalue weighted by atomic mass is 15.1. The van der Waals surface area contributed by atoms with Gasteiger partial charge < -0.3 is 10.2 Å². The van der Waals surface area contributed by atoms with Gasteiger partial charge in [0, 0.05) is 31.0 Å². The van der Waals surface area contributed by atoms with E-state index in [4.69, 9.17) is 0 Å². The zero-order valence-corrected chi connectivity index (χ0v) is 12.4. The predicted octanol–water partition coefficient (Wildman–Crippen LogP) is 4.38. The molecular formula is C16H28N2. The van der Waals surface area contributed by atoms with E-state index in [2.05, 4.69) is 62.2 Å². The van der Waals surface area contributed by atoms with E-state index in [1.165, 1.54) is 24.2 Å². The Balaban J connectivity index is 2.61. The standard InChI is InChI=1S/C16H28N2/c1-5-11-18(12-6-2)16-9-7-15(8-10-16)17-13-14(3)4/h7-10,14,17H,5-6,11-13H2,1-4H3. The molecule has 0 bridgehead atoms. The van der Waals surface area contributed by atoms with E-state index in [0.29, 0.717) is 5.92 Å². The fraction of sp³-hybridized carbons (Fsp3) is 0.625. The minimum atomic E-state index is 0.682. The predicted molar refractivity (Wildman–Crippen MR) is 82.6 cm³/mol. The van der Waals surface area contributed by atoms with Crippen molar-refractivity contribution in [2.45, 2.75) is 40.5 Å². The third kappa shape index (κ3) is 4.99. The first-order valence-corrected chi connectivity index (χ1v) is 7.26. The van der Waals surface area contributed by atoms with Gasteiger partial charge in [-0.25, -0.2) is 0 Å². The molecule has 0 amide bonds. The molecule has 0 aromatic heterocycles. The van der Waals surface area contributed by atoms with Crippen LogP contribution in [-0.4, -0.2) is 19.6 Å². The maximum absolute atomic E-state index is 3.46. The molecule has 0 aliphatic heterocycles. The zero-order valence-electron chi connectivity index (χ0n) is 12.4. The lowest BCUT2D eigenvalue weighted by atomic mass is 10.2. The summed E-state index contributed by atoms with van der Waals surface area (Å²) >= 11 is 0. The summed E-state index contributed by atoms with van der Waals surface area (Å²) in [4.78, 5) is 2.46. The SMILES string of the molecule is CCCN(CCC)c1ccc(NCC(C)C)cc1. The molecule has 1 rings (SSSR count). The van der Waals surface area contributed by atoms with Gasteiger partial charge in [-0.2, -0.15) is 0 Å². The average molecular weight is 248 g/mol. The Labute approximate surface area is 112 Å². The number of nitrogens with zero attached hydrogens (tertiary/aromatic N) is 1. The number of hydrogen-bond acceptors (Lipinski definition) is 2. The van der Waals surface area contributed by atoms with Crippen LogP contribution in [0.2, 0.25) is 0 Å². The van der Waals surface area contributed by atoms with Gasteiger partial charge in [0.15, 0.2) is 0 Å². The average Bonchev–Trinajstić information content (AvgIpc) is 2.37. The molecule has 18 heavy (non-hydrogen) atoms. The minimum Gasteiger partial charge on any atom is -0.385 e. The zero-order chi connectivity index (χ0) is 13.4. The third-order valence-corrected chi connectivity index (χ3v) is 2.93. The van der Waals surface area contributed by atoms with Crippen LogP contribution in [0.3, 0.4) is 0 Å². The normalized spacial score (nSPS) is 10.7. The van der Waals surface area contributed by atoms with Crippen LogP contribution in [-0.2, 0) is 0 Å². The minimum absolute atomic E-state index is 0.682. The van der Waals surface area contributed by atoms with E-state index in [-0.39, 0.29) is 0 Å². The molecule has 0 unspecified atom stereocenters. The van der Waals surface area contributed by atoms with Crippen LogP contribution in [0, 0.1) is 5.92 Å². The van der Waals surface area contributed by atoms with Gasteiger partial charge >= 0.3 is 0 Å². The lowest BCUT2D eigenvalue weighted by Gasteiger charge is -2.24. The van der Waals surface area contributed by atoms with Crippen molar-refractivity contribution in [3.05, 3.63) is 24.3 Å². The van der Waals surface area contributed by atoms with E-state index >= 15 is 0 Å². The first kappa shape index (κ1) is 14.9. The molecular weight excluding hydrogens is 220 g/mol. The van der Waals surface area contributed by atoms with Crippen molar-refractivity contribution < 1.29 is 0 Å². The molecule has 2 nitrogen and oxygen atoms in total. The second-order valence-electron chi connectivity index (χ2n) is 5.31. The van der Waals surface area contributed by atoms with Gasteiger partial charge in [0.1, 0.15) is 0 Å². The molecule has 102 valence electrons. The fourth-order valence-corrected chi connectivity index (χ4v) is 2.02. The van der Waals surface area contributed by atoms with Crippen molar-refractivity contribution in [2.24, 2.45) is 5.92 Å². The van der Waals surface area contributed by atoms with Crippen LogP contribution < -0.4 is 10.2 Å². The van der Waals surface area contributed by atoms with Crippen LogP contribution in [0.15, 0.2) is 24.3 Å². The molecule has 0 atom stereocenters. The van der Waals surface area contributed by atoms with E-state index in [9.17, 15) is 0 Å². The molecule has 0 heterocycles. The Hall–Kier alpha value is -1.18. The lowest BCUT2D eigenvalue weighted by Crippen LogP contribution is -2.24. The number of anilines is 2. The monoisotopic (exact) mass is 248 g/mol. The summed E-state index contributed by atoms with van der Waals surface area (Å²) in [5, 5.41) is 3.46. The van der Waals surface area contributed by atoms with Crippen molar-refractivity contribution >= 4 is 11.4 Å². The molecule has 0 radical (unpaired) electrons. The van der Waals surface area contributed by atoms with Crippen molar-refractivity contribution in [3.8, 4) is 0 Å². The summed E-state index contributed by atoms with van der Waals surface area (Å²) in [7, 11) is 0. The van der Waals surface area contributed by atoms with Gasteiger partial charge in [-0.3, -0.25) is 0 Å². The molecule has 0 spiro atoms. The summed E-state index contributed by atoms with van der Waals surface area (Å²) in [6.07, 6.45) is 2.40. The molecule has 0 fully saturated rings. The summed E-state index contributed by atoms with van der Waals surface area (Å²) < 4.78 is 0. The maximum atomic E-state index is 3.46. The van der Waals surface area contributed by atoms with E-state index < -0.39 is 0 Å². The van der Waals surface area contributed by atoms with Gasteiger partial charge in [0.2, 0.25) is 0 Å². The highest BCUT2D eigenvalue weighted by molar-refractivity contribution is 5.55. The smallest absolute Gasteiger partial charge is 0.0367 e. The quantitative estimate of drug-likeness (QED) is 0.734. The fourth-order valence-electron chi connectivity index (χ4n) is 2.02. The maximum Gasteiger partial charge on any atom is 0.0367 e. The molecule has 0 saturated carbocycles. The summed E-state index contributed by atoms with van der Waals surface area (Å²) in [6, 6.07) is 8.84. The first-order chi connectivity index (χ1) is 8.67. The highest BCUT2D eigenvalue weighted by Crippen LogP contribution is 2.18. The van der Waals surface area contributed by atoms with Crippen LogP contribution in [0.25, 0.3) is 0 Å². The van der Waals surface area contributed by atoms with Gasteiger partial charge in [0.05, 0.1) is 0 Å². The second kappa shape index (κ2) is 8.02. The lowest BCUT2D eigenvalue weighted by molar-refractivity contribution is 0.689. The van der Waals surface area contributed by atoms with Crippen LogP contribution in [0.1, 0.15) is 40.5 Å². The highest BCUT2D eigenvalue weighted by Gasteiger charge is 2.04. The van der Waals surface area contributed by atoms with Gasteiger partial charge in [0.25, 0.3) is 0 Å². The molecule has 0 saturated heterocycles. The van der Waals surface area contributed by atoms with Crippen molar-refractivity contribution in [2.75, 3.05) is 29.9 Å². The van der Waals surface area contributed by atoms with Crippen LogP contribution in [0.5, 0.6) is 0 Å². The molecule has 2 heteroatoms. The van der Waals surface area contributed by atoms with Gasteiger partial charge in [-0.1, -0.05) is 27.7 Å². The van der Waals surface area contributed by atoms with E-state index in [0.717, 1.165) is 19.6 Å². The Morgan fingerprint density at radius 1 is 1.00 bits per heavy atom.